The summed E-state index contributed by atoms with van der Waals surface area (Å²) in [4.78, 5) is 16.7. The molecule has 1 amide bonds. The molecule has 0 atom stereocenters. The fraction of sp³-hybridized carbons (Fsp3) is 0.158. The van der Waals surface area contributed by atoms with E-state index < -0.39 is 17.8 Å². The highest BCUT2D eigenvalue weighted by molar-refractivity contribution is 6.37. The van der Waals surface area contributed by atoms with Gasteiger partial charge in [-0.15, -0.1) is 0 Å². The minimum absolute atomic E-state index is 0.0972. The highest BCUT2D eigenvalue weighted by Gasteiger charge is 2.36. The zero-order valence-electron chi connectivity index (χ0n) is 15.8. The first-order chi connectivity index (χ1) is 14.6. The Morgan fingerprint density at radius 2 is 2.00 bits per heavy atom. The summed E-state index contributed by atoms with van der Waals surface area (Å²) in [7, 11) is 0. The molecule has 0 saturated heterocycles. The van der Waals surface area contributed by atoms with E-state index >= 15 is 0 Å². The molecule has 3 aromatic heterocycles. The van der Waals surface area contributed by atoms with Gasteiger partial charge in [0.1, 0.15) is 10.7 Å². The van der Waals surface area contributed by atoms with Crippen LogP contribution in [0.25, 0.3) is 5.65 Å². The summed E-state index contributed by atoms with van der Waals surface area (Å²) in [6, 6.07) is 7.70. The van der Waals surface area contributed by atoms with E-state index in [0.717, 1.165) is 11.6 Å². The van der Waals surface area contributed by atoms with Crippen molar-refractivity contribution < 1.29 is 18.0 Å². The molecule has 0 aliphatic rings. The number of carbonyl (C=O) groups is 1. The third-order valence-corrected chi connectivity index (χ3v) is 4.84. The molecular formula is C19H13Cl2F3N6O. The van der Waals surface area contributed by atoms with Crippen LogP contribution in [0.15, 0.2) is 42.7 Å². The van der Waals surface area contributed by atoms with Crippen LogP contribution in [0.1, 0.15) is 27.4 Å². The predicted molar refractivity (Wildman–Crippen MR) is 108 cm³/mol. The number of hydrogen-bond donors (Lipinski definition) is 1. The number of alkyl halides is 3. The first-order valence-electron chi connectivity index (χ1n) is 8.83. The first-order valence-corrected chi connectivity index (χ1v) is 9.59. The maximum absolute atomic E-state index is 13.4. The molecule has 0 radical (unpaired) electrons. The average Bonchev–Trinajstić information content (AvgIpc) is 3.24. The number of aryl methyl sites for hydroxylation is 1. The second-order valence-corrected chi connectivity index (χ2v) is 7.50. The van der Waals surface area contributed by atoms with Gasteiger partial charge in [0.25, 0.3) is 5.91 Å². The van der Waals surface area contributed by atoms with Gasteiger partial charge in [-0.05, 0) is 30.7 Å². The lowest BCUT2D eigenvalue weighted by Gasteiger charge is -2.09. The number of nitrogens with one attached hydrogen (secondary N) is 1. The molecule has 1 aromatic carbocycles. The molecule has 0 spiro atoms. The van der Waals surface area contributed by atoms with Crippen LogP contribution in [0.5, 0.6) is 0 Å². The molecule has 0 fully saturated rings. The van der Waals surface area contributed by atoms with E-state index in [9.17, 15) is 18.0 Å². The molecule has 7 nitrogen and oxygen atoms in total. The Morgan fingerprint density at radius 3 is 2.68 bits per heavy atom. The normalized spacial score (nSPS) is 11.8. The van der Waals surface area contributed by atoms with Crippen molar-refractivity contribution in [2.45, 2.75) is 19.6 Å². The van der Waals surface area contributed by atoms with Crippen molar-refractivity contribution in [2.24, 2.45) is 0 Å². The molecule has 0 saturated carbocycles. The van der Waals surface area contributed by atoms with E-state index in [-0.39, 0.29) is 22.1 Å². The van der Waals surface area contributed by atoms with Gasteiger partial charge in [0.05, 0.1) is 17.8 Å². The third kappa shape index (κ3) is 4.35. The monoisotopic (exact) mass is 468 g/mol. The molecule has 0 aliphatic carbocycles. The van der Waals surface area contributed by atoms with Crippen LogP contribution in [-0.4, -0.2) is 30.3 Å². The number of benzene rings is 1. The van der Waals surface area contributed by atoms with Crippen LogP contribution in [0, 0.1) is 6.92 Å². The van der Waals surface area contributed by atoms with Gasteiger partial charge < -0.3 is 5.32 Å². The summed E-state index contributed by atoms with van der Waals surface area (Å²) >= 11 is 12.0. The van der Waals surface area contributed by atoms with E-state index in [2.05, 4.69) is 20.5 Å². The van der Waals surface area contributed by atoms with Crippen molar-refractivity contribution >= 4 is 40.4 Å². The summed E-state index contributed by atoms with van der Waals surface area (Å²) in [5.74, 6) is -0.763. The molecule has 31 heavy (non-hydrogen) atoms. The van der Waals surface area contributed by atoms with Crippen molar-refractivity contribution in [3.05, 3.63) is 75.4 Å². The number of halogens is 5. The second kappa shape index (κ2) is 7.86. The minimum Gasteiger partial charge on any atom is -0.321 e. The zero-order chi connectivity index (χ0) is 22.3. The Labute approximate surface area is 183 Å². The van der Waals surface area contributed by atoms with Crippen molar-refractivity contribution in [3.8, 4) is 0 Å². The summed E-state index contributed by atoms with van der Waals surface area (Å²) in [6.45, 7) is 1.81. The van der Waals surface area contributed by atoms with E-state index in [1.54, 1.807) is 29.1 Å². The van der Waals surface area contributed by atoms with Gasteiger partial charge >= 0.3 is 6.18 Å². The largest absolute Gasteiger partial charge is 0.433 e. The molecular weight excluding hydrogens is 456 g/mol. The Balaban J connectivity index is 1.63. The van der Waals surface area contributed by atoms with Gasteiger partial charge in [-0.3, -0.25) is 9.48 Å². The molecule has 0 unspecified atom stereocenters. The van der Waals surface area contributed by atoms with Crippen LogP contribution < -0.4 is 5.32 Å². The van der Waals surface area contributed by atoms with Crippen molar-refractivity contribution in [1.82, 2.24) is 24.4 Å². The minimum atomic E-state index is -4.70. The van der Waals surface area contributed by atoms with Crippen LogP contribution >= 0.6 is 23.2 Å². The Morgan fingerprint density at radius 1 is 1.23 bits per heavy atom. The molecule has 160 valence electrons. The van der Waals surface area contributed by atoms with E-state index in [0.29, 0.717) is 21.8 Å². The number of rotatable bonds is 4. The number of aromatic nitrogens is 5. The van der Waals surface area contributed by atoms with Gasteiger partial charge in [-0.25, -0.2) is 9.50 Å². The number of fused-ring (bicyclic) bond motifs is 1. The maximum atomic E-state index is 13.4. The SMILES string of the molecule is Cc1cc(C(F)(F)F)n2nc(C(=O)Nc3cccc(Cn4cc(Cl)cn4)c3)c(Cl)c2n1. The van der Waals surface area contributed by atoms with Gasteiger partial charge in [-0.1, -0.05) is 35.3 Å². The van der Waals surface area contributed by atoms with Gasteiger partial charge in [0.15, 0.2) is 11.3 Å². The Kier molecular flexibility index (Phi) is 5.36. The zero-order valence-corrected chi connectivity index (χ0v) is 17.3. The molecule has 12 heteroatoms. The number of carbonyl (C=O) groups excluding carboxylic acids is 1. The topological polar surface area (TPSA) is 77.1 Å². The molecule has 0 aliphatic heterocycles. The lowest BCUT2D eigenvalue weighted by Crippen LogP contribution is -2.16. The molecule has 1 N–H and O–H groups in total. The third-order valence-electron chi connectivity index (χ3n) is 4.30. The number of nitrogens with zero attached hydrogens (tertiary/aromatic N) is 5. The van der Waals surface area contributed by atoms with E-state index in [4.69, 9.17) is 23.2 Å². The summed E-state index contributed by atoms with van der Waals surface area (Å²) in [6.07, 6.45) is -1.54. The fourth-order valence-corrected chi connectivity index (χ4v) is 3.41. The second-order valence-electron chi connectivity index (χ2n) is 6.69. The number of hydrogen-bond acceptors (Lipinski definition) is 4. The summed E-state index contributed by atoms with van der Waals surface area (Å²) in [5, 5.41) is 10.7. The van der Waals surface area contributed by atoms with Crippen LogP contribution in [0.4, 0.5) is 18.9 Å². The smallest absolute Gasteiger partial charge is 0.321 e. The highest BCUT2D eigenvalue weighted by atomic mass is 35.5. The van der Waals surface area contributed by atoms with Crippen molar-refractivity contribution in [2.75, 3.05) is 5.32 Å². The van der Waals surface area contributed by atoms with Crippen LogP contribution in [0.3, 0.4) is 0 Å². The van der Waals surface area contributed by atoms with Crippen molar-refractivity contribution in [3.63, 3.8) is 0 Å². The predicted octanol–water partition coefficient (Wildman–Crippen LogP) is 4.86. The van der Waals surface area contributed by atoms with Crippen LogP contribution in [-0.2, 0) is 12.7 Å². The molecule has 3 heterocycles. The number of anilines is 1. The van der Waals surface area contributed by atoms with Gasteiger partial charge in [-0.2, -0.15) is 23.4 Å². The lowest BCUT2D eigenvalue weighted by atomic mass is 10.2. The van der Waals surface area contributed by atoms with E-state index in [1.807, 2.05) is 6.07 Å². The maximum Gasteiger partial charge on any atom is 0.433 e. The molecule has 0 bridgehead atoms. The standard InChI is InChI=1S/C19H13Cl2F3N6O/c1-10-5-14(19(22,23)24)30-17(26-10)15(21)16(28-30)18(31)27-13-4-2-3-11(6-13)8-29-9-12(20)7-25-29/h2-7,9H,8H2,1H3,(H,27,31). The average molecular weight is 469 g/mol. The van der Waals surface area contributed by atoms with Crippen molar-refractivity contribution in [1.29, 1.82) is 0 Å². The fourth-order valence-electron chi connectivity index (χ4n) is 3.01. The highest BCUT2D eigenvalue weighted by Crippen LogP contribution is 2.32. The summed E-state index contributed by atoms with van der Waals surface area (Å²) in [5.41, 5.74) is -0.363. The van der Waals surface area contributed by atoms with Crippen LogP contribution in [0.2, 0.25) is 10.0 Å². The number of amides is 1. The Hall–Kier alpha value is -3.11. The first kappa shape index (κ1) is 21.1. The van der Waals surface area contributed by atoms with Gasteiger partial charge in [0.2, 0.25) is 0 Å². The van der Waals surface area contributed by atoms with E-state index in [1.165, 1.54) is 13.1 Å². The summed E-state index contributed by atoms with van der Waals surface area (Å²) < 4.78 is 42.2. The molecule has 4 aromatic rings. The Bertz CT molecular complexity index is 1300. The van der Waals surface area contributed by atoms with Gasteiger partial charge in [0, 0.05) is 17.6 Å². The quantitative estimate of drug-likeness (QED) is 0.463. The lowest BCUT2D eigenvalue weighted by molar-refractivity contribution is -0.142. The molecule has 4 rings (SSSR count).